The molecule has 2 amide bonds. The number of amides is 2. The van der Waals surface area contributed by atoms with Crippen LogP contribution in [-0.4, -0.2) is 18.9 Å². The molecule has 2 unspecified atom stereocenters. The molecule has 0 saturated carbocycles. The molecule has 0 spiro atoms. The van der Waals surface area contributed by atoms with E-state index in [1.54, 1.807) is 18.1 Å². The molecule has 2 heterocycles. The largest absolute Gasteiger partial charge is 0.493 e. The molecular formula is C19H19ClN2O3. The number of hydrogen-bond donors (Lipinski definition) is 1. The first-order chi connectivity index (χ1) is 11.9. The second kappa shape index (κ2) is 5.56. The number of hydrogen-bond acceptors (Lipinski definition) is 3. The molecule has 0 aliphatic carbocycles. The molecule has 2 aliphatic heterocycles. The van der Waals surface area contributed by atoms with Gasteiger partial charge in [-0.25, -0.2) is 4.79 Å². The van der Waals surface area contributed by atoms with Crippen molar-refractivity contribution in [3.63, 3.8) is 0 Å². The van der Waals surface area contributed by atoms with Gasteiger partial charge in [0.05, 0.1) is 18.8 Å². The first-order valence-electron chi connectivity index (χ1n) is 8.16. The van der Waals surface area contributed by atoms with Gasteiger partial charge in [0.1, 0.15) is 0 Å². The maximum atomic E-state index is 12.9. The van der Waals surface area contributed by atoms with Gasteiger partial charge in [0.2, 0.25) is 0 Å². The second-order valence-corrected chi connectivity index (χ2v) is 7.06. The Morgan fingerprint density at radius 3 is 2.92 bits per heavy atom. The van der Waals surface area contributed by atoms with Crippen LogP contribution in [0.3, 0.4) is 0 Å². The lowest BCUT2D eigenvalue weighted by Gasteiger charge is -2.51. The van der Waals surface area contributed by atoms with Crippen molar-refractivity contribution >= 4 is 23.3 Å². The van der Waals surface area contributed by atoms with Crippen LogP contribution < -0.4 is 19.7 Å². The third-order valence-corrected chi connectivity index (χ3v) is 5.13. The van der Waals surface area contributed by atoms with Gasteiger partial charge in [-0.05, 0) is 37.6 Å². The number of aryl methyl sites for hydroxylation is 1. The number of nitrogens with one attached hydrogen (secondary N) is 1. The number of halogens is 1. The van der Waals surface area contributed by atoms with Gasteiger partial charge in [-0.2, -0.15) is 0 Å². The highest BCUT2D eigenvalue weighted by Gasteiger charge is 2.50. The minimum Gasteiger partial charge on any atom is -0.493 e. The fraction of sp³-hybridized carbons (Fsp3) is 0.316. The normalized spacial score (nSPS) is 24.2. The molecule has 1 fully saturated rings. The Hall–Kier alpha value is -2.40. The minimum atomic E-state index is -0.829. The van der Waals surface area contributed by atoms with Crippen LogP contribution in [0.2, 0.25) is 5.02 Å². The summed E-state index contributed by atoms with van der Waals surface area (Å²) >= 11 is 6.17. The molecule has 2 atom stereocenters. The number of rotatable bonds is 2. The fourth-order valence-corrected chi connectivity index (χ4v) is 3.88. The maximum Gasteiger partial charge on any atom is 0.325 e. The van der Waals surface area contributed by atoms with Crippen molar-refractivity contribution in [1.29, 1.82) is 0 Å². The van der Waals surface area contributed by atoms with Crippen LogP contribution in [0.5, 0.6) is 11.5 Å². The van der Waals surface area contributed by atoms with Crippen molar-refractivity contribution < 1.29 is 14.3 Å². The highest BCUT2D eigenvalue weighted by atomic mass is 35.5. The van der Waals surface area contributed by atoms with Crippen LogP contribution in [0.15, 0.2) is 36.4 Å². The SMILES string of the molecule is COc1cccc2c1OC1(C)CC2NC(=O)N1c1cc(Cl)ccc1C. The predicted octanol–water partition coefficient (Wildman–Crippen LogP) is 4.43. The molecule has 2 aromatic carbocycles. The zero-order chi connectivity index (χ0) is 17.8. The summed E-state index contributed by atoms with van der Waals surface area (Å²) in [6.45, 7) is 3.88. The van der Waals surface area contributed by atoms with E-state index in [4.69, 9.17) is 21.1 Å². The summed E-state index contributed by atoms with van der Waals surface area (Å²) in [5.41, 5.74) is 1.80. The van der Waals surface area contributed by atoms with Crippen molar-refractivity contribution in [2.75, 3.05) is 12.0 Å². The highest BCUT2D eigenvalue weighted by Crippen LogP contribution is 2.49. The summed E-state index contributed by atoms with van der Waals surface area (Å²) in [7, 11) is 1.61. The molecule has 4 rings (SSSR count). The van der Waals surface area contributed by atoms with Gasteiger partial charge in [-0.1, -0.05) is 29.8 Å². The van der Waals surface area contributed by atoms with Gasteiger partial charge in [0.15, 0.2) is 17.2 Å². The Labute approximate surface area is 151 Å². The topological polar surface area (TPSA) is 50.8 Å². The van der Waals surface area contributed by atoms with E-state index in [-0.39, 0.29) is 12.1 Å². The first kappa shape index (κ1) is 16.1. The zero-order valence-corrected chi connectivity index (χ0v) is 15.1. The van der Waals surface area contributed by atoms with Gasteiger partial charge in [-0.15, -0.1) is 0 Å². The van der Waals surface area contributed by atoms with Crippen molar-refractivity contribution in [1.82, 2.24) is 5.32 Å². The van der Waals surface area contributed by atoms with E-state index >= 15 is 0 Å². The standard InChI is InChI=1S/C19H19ClN2O3/c1-11-7-8-12(20)9-15(11)22-18(23)21-14-10-19(22,2)25-17-13(14)5-4-6-16(17)24-3/h4-9,14H,10H2,1-3H3,(H,21,23). The number of carbonyl (C=O) groups is 1. The first-order valence-corrected chi connectivity index (χ1v) is 8.53. The lowest BCUT2D eigenvalue weighted by molar-refractivity contribution is 0.0348. The van der Waals surface area contributed by atoms with Crippen LogP contribution in [-0.2, 0) is 0 Å². The summed E-state index contributed by atoms with van der Waals surface area (Å²) in [6, 6.07) is 10.9. The third-order valence-electron chi connectivity index (χ3n) is 4.90. The summed E-state index contributed by atoms with van der Waals surface area (Å²) < 4.78 is 11.8. The van der Waals surface area contributed by atoms with E-state index in [2.05, 4.69) is 5.32 Å². The average Bonchev–Trinajstić information content (AvgIpc) is 2.57. The Balaban J connectivity index is 1.86. The van der Waals surface area contributed by atoms with E-state index in [1.165, 1.54) is 0 Å². The quantitative estimate of drug-likeness (QED) is 0.864. The third kappa shape index (κ3) is 2.42. The Kier molecular flexibility index (Phi) is 3.58. The predicted molar refractivity (Wildman–Crippen MR) is 96.6 cm³/mol. The van der Waals surface area contributed by atoms with Gasteiger partial charge in [0, 0.05) is 17.0 Å². The molecular weight excluding hydrogens is 340 g/mol. The summed E-state index contributed by atoms with van der Waals surface area (Å²) in [5, 5.41) is 3.66. The molecule has 0 aromatic heterocycles. The van der Waals surface area contributed by atoms with Gasteiger partial charge >= 0.3 is 6.03 Å². The van der Waals surface area contributed by atoms with Crippen molar-refractivity contribution in [3.8, 4) is 11.5 Å². The monoisotopic (exact) mass is 358 g/mol. The Morgan fingerprint density at radius 2 is 2.16 bits per heavy atom. The lowest BCUT2D eigenvalue weighted by atomic mass is 9.89. The van der Waals surface area contributed by atoms with Crippen LogP contribution in [0.1, 0.15) is 30.5 Å². The van der Waals surface area contributed by atoms with Gasteiger partial charge in [0.25, 0.3) is 0 Å². The number of fused-ring (bicyclic) bond motifs is 4. The summed E-state index contributed by atoms with van der Waals surface area (Å²) in [4.78, 5) is 14.6. The smallest absolute Gasteiger partial charge is 0.325 e. The number of ether oxygens (including phenoxy) is 2. The summed E-state index contributed by atoms with van der Waals surface area (Å²) in [5.74, 6) is 1.33. The van der Waals surface area contributed by atoms with Crippen LogP contribution in [0, 0.1) is 6.92 Å². The molecule has 2 aliphatic rings. The molecule has 0 radical (unpaired) electrons. The fourth-order valence-electron chi connectivity index (χ4n) is 3.71. The molecule has 25 heavy (non-hydrogen) atoms. The zero-order valence-electron chi connectivity index (χ0n) is 14.3. The van der Waals surface area contributed by atoms with E-state index in [1.807, 2.05) is 44.2 Å². The van der Waals surface area contributed by atoms with Crippen LogP contribution >= 0.6 is 11.6 Å². The maximum absolute atomic E-state index is 12.9. The van der Waals surface area contributed by atoms with E-state index in [0.717, 1.165) is 16.8 Å². The summed E-state index contributed by atoms with van der Waals surface area (Å²) in [6.07, 6.45) is 0.630. The Morgan fingerprint density at radius 1 is 1.36 bits per heavy atom. The van der Waals surface area contributed by atoms with Gasteiger partial charge in [-0.3, -0.25) is 4.90 Å². The van der Waals surface area contributed by atoms with Crippen molar-refractivity contribution in [3.05, 3.63) is 52.5 Å². The Bertz CT molecular complexity index is 870. The number of benzene rings is 2. The molecule has 2 aromatic rings. The van der Waals surface area contributed by atoms with Crippen molar-refractivity contribution in [2.45, 2.75) is 32.0 Å². The lowest BCUT2D eigenvalue weighted by Crippen LogP contribution is -2.65. The number of methoxy groups -OCH3 is 1. The number of anilines is 1. The minimum absolute atomic E-state index is 0.118. The molecule has 130 valence electrons. The average molecular weight is 359 g/mol. The number of carbonyl (C=O) groups excluding carboxylic acids is 1. The van der Waals surface area contributed by atoms with E-state index < -0.39 is 5.72 Å². The number of para-hydroxylation sites is 1. The molecule has 6 heteroatoms. The highest BCUT2D eigenvalue weighted by molar-refractivity contribution is 6.31. The molecule has 2 bridgehead atoms. The van der Waals surface area contributed by atoms with Crippen molar-refractivity contribution in [2.24, 2.45) is 0 Å². The van der Waals surface area contributed by atoms with Crippen LogP contribution in [0.25, 0.3) is 0 Å². The molecule has 1 saturated heterocycles. The number of nitrogens with zero attached hydrogens (tertiary/aromatic N) is 1. The van der Waals surface area contributed by atoms with E-state index in [9.17, 15) is 4.79 Å². The molecule has 1 N–H and O–H groups in total. The molecule has 5 nitrogen and oxygen atoms in total. The number of urea groups is 1. The second-order valence-electron chi connectivity index (χ2n) is 6.63. The van der Waals surface area contributed by atoms with Crippen LogP contribution in [0.4, 0.5) is 10.5 Å². The van der Waals surface area contributed by atoms with E-state index in [0.29, 0.717) is 22.9 Å². The van der Waals surface area contributed by atoms with Gasteiger partial charge < -0.3 is 14.8 Å².